The van der Waals surface area contributed by atoms with Gasteiger partial charge in [0.1, 0.15) is 16.3 Å². The maximum absolute atomic E-state index is 14.3. The lowest BCUT2D eigenvalue weighted by atomic mass is 10.0. The molecule has 2 amide bonds. The Hall–Kier alpha value is -6.89. The van der Waals surface area contributed by atoms with Crippen LogP contribution in [0, 0.1) is 19.9 Å². The monoisotopic (exact) mass is 845 g/mol. The molecule has 0 spiro atoms. The maximum Gasteiger partial charge on any atom is 0.390 e. The van der Waals surface area contributed by atoms with E-state index in [1.807, 2.05) is 19.9 Å². The lowest BCUT2D eigenvalue weighted by Gasteiger charge is -2.12. The lowest BCUT2D eigenvalue weighted by Crippen LogP contribution is -2.21. The summed E-state index contributed by atoms with van der Waals surface area (Å²) in [6.07, 6.45) is -0.0365. The molecule has 2 heterocycles. The number of hydrogen-bond acceptors (Lipinski definition) is 17. The first-order chi connectivity index (χ1) is 27.6. The van der Waals surface area contributed by atoms with Gasteiger partial charge in [0.2, 0.25) is 40.2 Å². The zero-order valence-electron chi connectivity index (χ0n) is 29.9. The normalized spacial score (nSPS) is 11.8. The first-order valence-electron chi connectivity index (χ1n) is 16.3. The summed E-state index contributed by atoms with van der Waals surface area (Å²) in [5.74, 6) is -0.478. The fourth-order valence-electron chi connectivity index (χ4n) is 5.21. The van der Waals surface area contributed by atoms with Gasteiger partial charge in [-0.1, -0.05) is 24.3 Å². The fourth-order valence-corrected chi connectivity index (χ4v) is 6.60. The first kappa shape index (κ1) is 40.8. The molecule has 25 heteroatoms. The van der Waals surface area contributed by atoms with Gasteiger partial charge in [-0.05, 0) is 96.4 Å². The van der Waals surface area contributed by atoms with Crippen molar-refractivity contribution in [3.8, 4) is 0 Å². The van der Waals surface area contributed by atoms with Crippen molar-refractivity contribution in [2.24, 2.45) is 16.0 Å². The number of benzene rings is 4. The summed E-state index contributed by atoms with van der Waals surface area (Å²) in [6, 6.07) is 16.1. The summed E-state index contributed by atoms with van der Waals surface area (Å²) in [5.41, 5.74) is 7.90. The SMILES string of the molecule is C=COS(=O)c1ccc(Nc2nc(F)nc(N[B]Nc3nc(Cl)nc(Nc4ccc(N=Nc5cc6c(C)cc(C)cc6cc5S(=O)(=O)O)c(NC(N)=O)c4)n3)n2)cc1. The molecular formula is C33H28BClFN14O6S2. The predicted molar refractivity (Wildman–Crippen MR) is 215 cm³/mol. The Bertz CT molecular complexity index is 2740. The Morgan fingerprint density at radius 1 is 0.897 bits per heavy atom. The van der Waals surface area contributed by atoms with Crippen molar-refractivity contribution >= 4 is 109 Å². The number of rotatable bonds is 15. The largest absolute Gasteiger partial charge is 0.406 e. The molecular weight excluding hydrogens is 818 g/mol. The van der Waals surface area contributed by atoms with Crippen molar-refractivity contribution in [1.82, 2.24) is 29.9 Å². The number of primary amides is 1. The van der Waals surface area contributed by atoms with E-state index in [1.54, 1.807) is 18.2 Å². The number of azo groups is 1. The number of urea groups is 1. The molecule has 8 N–H and O–H groups in total. The Kier molecular flexibility index (Phi) is 12.3. The second-order valence-corrected chi connectivity index (χ2v) is 14.6. The molecule has 2 aromatic heterocycles. The third-order valence-electron chi connectivity index (χ3n) is 7.51. The van der Waals surface area contributed by atoms with Gasteiger partial charge in [0.15, 0.2) is 0 Å². The van der Waals surface area contributed by atoms with Gasteiger partial charge in [0.25, 0.3) is 10.1 Å². The molecule has 295 valence electrons. The average molecular weight is 846 g/mol. The number of aryl methyl sites for hydroxylation is 2. The molecule has 4 aromatic carbocycles. The van der Waals surface area contributed by atoms with Gasteiger partial charge in [0.05, 0.1) is 16.8 Å². The number of amides is 2. The number of nitrogens with one attached hydrogen (secondary N) is 5. The van der Waals surface area contributed by atoms with Crippen molar-refractivity contribution in [1.29, 1.82) is 0 Å². The zero-order chi connectivity index (χ0) is 41.6. The van der Waals surface area contributed by atoms with Crippen LogP contribution in [0.15, 0.2) is 99.6 Å². The number of nitrogens with zero attached hydrogens (tertiary/aromatic N) is 8. The van der Waals surface area contributed by atoms with Crippen LogP contribution in [-0.2, 0) is 25.4 Å². The predicted octanol–water partition coefficient (Wildman–Crippen LogP) is 6.50. The number of nitrogens with two attached hydrogens (primary N) is 1. The van der Waals surface area contributed by atoms with Crippen LogP contribution in [0.1, 0.15) is 11.1 Å². The van der Waals surface area contributed by atoms with Crippen molar-refractivity contribution in [2.45, 2.75) is 23.6 Å². The minimum Gasteiger partial charge on any atom is -0.406 e. The minimum absolute atomic E-state index is 0.0570. The maximum atomic E-state index is 14.3. The van der Waals surface area contributed by atoms with Gasteiger partial charge >= 0.3 is 19.7 Å². The van der Waals surface area contributed by atoms with Crippen LogP contribution in [-0.4, -0.2) is 60.7 Å². The summed E-state index contributed by atoms with van der Waals surface area (Å²) < 4.78 is 65.6. The fraction of sp³-hybridized carbons (Fsp3) is 0.0606. The molecule has 0 aliphatic rings. The molecule has 1 radical (unpaired) electrons. The standard InChI is InChI=1S/C33H28BClFN14O6S2/c1-4-56-57(52)21-8-5-19(6-9-21)38-31-43-28(36)44-33(46-31)48-34-47-32-42-27(35)41-30(45-32)39-20-7-10-23(24(14-20)40-29(37)51)49-50-25-15-22-17(3)11-16(2)12-18(22)13-26(25)58(53,54)55/h4-15H,1H2,2-3H3,(H3,37,40,51)(H,53,54,55)(H2,38,43,44,46,48)(H2,39,41,42,45,47). The second kappa shape index (κ2) is 17.5. The van der Waals surface area contributed by atoms with E-state index < -0.39 is 38.2 Å². The van der Waals surface area contributed by atoms with E-state index in [2.05, 4.69) is 73.1 Å². The highest BCUT2D eigenvalue weighted by atomic mass is 35.5. The minimum atomic E-state index is -4.70. The topological polar surface area (TPSA) is 286 Å². The average Bonchev–Trinajstić information content (AvgIpc) is 3.14. The molecule has 6 aromatic rings. The van der Waals surface area contributed by atoms with E-state index in [1.165, 1.54) is 50.0 Å². The number of carbonyl (C=O) groups is 1. The van der Waals surface area contributed by atoms with Gasteiger partial charge in [-0.25, -0.2) is 9.00 Å². The van der Waals surface area contributed by atoms with Crippen LogP contribution in [0.25, 0.3) is 10.8 Å². The number of carbonyl (C=O) groups excluding carboxylic acids is 1. The molecule has 0 aliphatic heterocycles. The Labute approximate surface area is 336 Å². The number of halogens is 2. The molecule has 0 fully saturated rings. The van der Waals surface area contributed by atoms with Crippen molar-refractivity contribution in [3.05, 3.63) is 102 Å². The molecule has 0 saturated heterocycles. The molecule has 58 heavy (non-hydrogen) atoms. The Morgan fingerprint density at radius 2 is 1.52 bits per heavy atom. The number of aromatic nitrogens is 6. The van der Waals surface area contributed by atoms with E-state index in [-0.39, 0.29) is 46.1 Å². The highest BCUT2D eigenvalue weighted by molar-refractivity contribution is 7.86. The highest BCUT2D eigenvalue weighted by Gasteiger charge is 2.19. The first-order valence-corrected chi connectivity index (χ1v) is 19.2. The number of anilines is 7. The van der Waals surface area contributed by atoms with Crippen molar-refractivity contribution < 1.29 is 30.5 Å². The third-order valence-corrected chi connectivity index (χ3v) is 9.53. The molecule has 0 bridgehead atoms. The van der Waals surface area contributed by atoms with E-state index in [9.17, 15) is 26.4 Å². The Morgan fingerprint density at radius 3 is 2.21 bits per heavy atom. The summed E-state index contributed by atoms with van der Waals surface area (Å²) >= 11 is 4.40. The van der Waals surface area contributed by atoms with Gasteiger partial charge in [-0.2, -0.15) is 42.7 Å². The summed E-state index contributed by atoms with van der Waals surface area (Å²) in [4.78, 5) is 35.4. The van der Waals surface area contributed by atoms with Crippen LogP contribution in [0.4, 0.5) is 61.4 Å². The van der Waals surface area contributed by atoms with Gasteiger partial charge in [-0.15, -0.1) is 10.2 Å². The second-order valence-electron chi connectivity index (χ2n) is 11.7. The zero-order valence-corrected chi connectivity index (χ0v) is 32.3. The molecule has 1 atom stereocenters. The van der Waals surface area contributed by atoms with Crippen molar-refractivity contribution in [3.63, 3.8) is 0 Å². The summed E-state index contributed by atoms with van der Waals surface area (Å²) in [5, 5.41) is 22.8. The third kappa shape index (κ3) is 10.5. The van der Waals surface area contributed by atoms with Crippen LogP contribution < -0.4 is 32.1 Å². The Balaban J connectivity index is 1.15. The molecule has 0 aliphatic carbocycles. The molecule has 20 nitrogen and oxygen atoms in total. The quantitative estimate of drug-likeness (QED) is 0.0251. The van der Waals surface area contributed by atoms with E-state index in [0.717, 1.165) is 17.4 Å². The highest BCUT2D eigenvalue weighted by Crippen LogP contribution is 2.36. The van der Waals surface area contributed by atoms with Gasteiger partial charge in [0, 0.05) is 11.4 Å². The van der Waals surface area contributed by atoms with Crippen molar-refractivity contribution in [2.75, 3.05) is 26.4 Å². The number of fused-ring (bicyclic) bond motifs is 1. The van der Waals surface area contributed by atoms with E-state index in [0.29, 0.717) is 27.0 Å². The summed E-state index contributed by atoms with van der Waals surface area (Å²) in [7, 11) is -3.51. The van der Waals surface area contributed by atoms with Crippen LogP contribution in [0.2, 0.25) is 5.28 Å². The van der Waals surface area contributed by atoms with Gasteiger partial charge < -0.3 is 36.3 Å². The molecule has 0 saturated carbocycles. The van der Waals surface area contributed by atoms with Crippen LogP contribution >= 0.6 is 11.6 Å². The van der Waals surface area contributed by atoms with Crippen LogP contribution in [0.5, 0.6) is 0 Å². The molecule has 6 rings (SSSR count). The van der Waals surface area contributed by atoms with E-state index in [4.69, 9.17) is 21.5 Å². The van der Waals surface area contributed by atoms with Gasteiger partial charge in [-0.3, -0.25) is 4.55 Å². The van der Waals surface area contributed by atoms with E-state index >= 15 is 0 Å². The lowest BCUT2D eigenvalue weighted by molar-refractivity contribution is 0.259. The van der Waals surface area contributed by atoms with Crippen LogP contribution in [0.3, 0.4) is 0 Å². The number of hydrogen-bond donors (Lipinski definition) is 7. The summed E-state index contributed by atoms with van der Waals surface area (Å²) in [6.45, 7) is 7.08. The molecule has 1 unspecified atom stereocenters. The smallest absolute Gasteiger partial charge is 0.390 e.